The highest BCUT2D eigenvalue weighted by molar-refractivity contribution is 7.98. The molecule has 1 aliphatic heterocycles. The Morgan fingerprint density at radius 2 is 1.87 bits per heavy atom. The first-order chi connectivity index (χ1) is 14.7. The second kappa shape index (κ2) is 10.2. The maximum atomic E-state index is 12.7. The van der Waals surface area contributed by atoms with Crippen LogP contribution >= 0.6 is 23.1 Å². The molecule has 1 atom stereocenters. The number of carbonyl (C=O) groups is 1. The highest BCUT2D eigenvalue weighted by Gasteiger charge is 2.23. The third-order valence-electron chi connectivity index (χ3n) is 5.39. The molecule has 1 N–H and O–H groups in total. The molecule has 0 radical (unpaired) electrons. The first-order valence-electron chi connectivity index (χ1n) is 10.4. The molecule has 156 valence electrons. The SMILES string of the molecule is Cc1nc(CSc2ccc(C(=O)NCC(c3ccccc3)N3CCCC3)cc2)cs1. The van der Waals surface area contributed by atoms with E-state index in [0.717, 1.165) is 34.4 Å². The molecule has 0 aliphatic carbocycles. The number of hydrogen-bond donors (Lipinski definition) is 1. The first kappa shape index (κ1) is 21.1. The fraction of sp³-hybridized carbons (Fsp3) is 0.333. The van der Waals surface area contributed by atoms with E-state index in [1.807, 2.05) is 37.3 Å². The molecule has 4 nitrogen and oxygen atoms in total. The van der Waals surface area contributed by atoms with Crippen molar-refractivity contribution >= 4 is 29.0 Å². The quantitative estimate of drug-likeness (QED) is 0.485. The maximum absolute atomic E-state index is 12.7. The largest absolute Gasteiger partial charge is 0.350 e. The fourth-order valence-electron chi connectivity index (χ4n) is 3.81. The lowest BCUT2D eigenvalue weighted by atomic mass is 10.1. The Hall–Kier alpha value is -2.15. The summed E-state index contributed by atoms with van der Waals surface area (Å²) in [5.74, 6) is 0.839. The Bertz CT molecular complexity index is 950. The zero-order chi connectivity index (χ0) is 20.8. The van der Waals surface area contributed by atoms with E-state index in [1.165, 1.54) is 18.4 Å². The van der Waals surface area contributed by atoms with Crippen LogP contribution in [0.5, 0.6) is 0 Å². The molecule has 1 amide bonds. The van der Waals surface area contributed by atoms with Gasteiger partial charge in [0.15, 0.2) is 0 Å². The normalized spacial score (nSPS) is 15.2. The van der Waals surface area contributed by atoms with Gasteiger partial charge in [0.1, 0.15) is 0 Å². The fourth-order valence-corrected chi connectivity index (χ4v) is 5.32. The number of thiazole rings is 1. The number of aryl methyl sites for hydroxylation is 1. The lowest BCUT2D eigenvalue weighted by Gasteiger charge is -2.28. The molecule has 1 unspecified atom stereocenters. The van der Waals surface area contributed by atoms with Gasteiger partial charge >= 0.3 is 0 Å². The number of likely N-dealkylation sites (tertiary alicyclic amines) is 1. The molecular weight excluding hydrogens is 410 g/mol. The minimum Gasteiger partial charge on any atom is -0.350 e. The number of carbonyl (C=O) groups excluding carboxylic acids is 1. The summed E-state index contributed by atoms with van der Waals surface area (Å²) in [5.41, 5.74) is 3.08. The van der Waals surface area contributed by atoms with Gasteiger partial charge in [-0.2, -0.15) is 0 Å². The number of nitrogens with one attached hydrogen (secondary N) is 1. The van der Waals surface area contributed by atoms with Gasteiger partial charge < -0.3 is 5.32 Å². The molecule has 0 spiro atoms. The van der Waals surface area contributed by atoms with Crippen molar-refractivity contribution in [3.8, 4) is 0 Å². The molecule has 1 saturated heterocycles. The van der Waals surface area contributed by atoms with Crippen molar-refractivity contribution in [3.63, 3.8) is 0 Å². The second-order valence-electron chi connectivity index (χ2n) is 7.55. The molecule has 0 saturated carbocycles. The van der Waals surface area contributed by atoms with E-state index in [1.54, 1.807) is 23.1 Å². The summed E-state index contributed by atoms with van der Waals surface area (Å²) in [4.78, 5) is 20.9. The van der Waals surface area contributed by atoms with Crippen LogP contribution in [0.25, 0.3) is 0 Å². The Morgan fingerprint density at radius 3 is 2.53 bits per heavy atom. The molecule has 4 rings (SSSR count). The molecule has 30 heavy (non-hydrogen) atoms. The van der Waals surface area contributed by atoms with E-state index in [9.17, 15) is 4.79 Å². The molecule has 1 fully saturated rings. The maximum Gasteiger partial charge on any atom is 0.251 e. The Balaban J connectivity index is 1.34. The van der Waals surface area contributed by atoms with E-state index < -0.39 is 0 Å². The summed E-state index contributed by atoms with van der Waals surface area (Å²) >= 11 is 3.43. The van der Waals surface area contributed by atoms with Crippen molar-refractivity contribution in [1.29, 1.82) is 0 Å². The second-order valence-corrected chi connectivity index (χ2v) is 9.66. The summed E-state index contributed by atoms with van der Waals surface area (Å²) in [5, 5.41) is 6.36. The van der Waals surface area contributed by atoms with Gasteiger partial charge in [-0.25, -0.2) is 4.98 Å². The highest BCUT2D eigenvalue weighted by atomic mass is 32.2. The standard InChI is InChI=1S/C24H27N3OS2/c1-18-26-21(16-29-18)17-30-22-11-9-20(10-12-22)24(28)25-15-23(27-13-5-6-14-27)19-7-3-2-4-8-19/h2-4,7-12,16,23H,5-6,13-15,17H2,1H3,(H,25,28). The molecule has 1 aromatic heterocycles. The molecule has 0 bridgehead atoms. The molecule has 1 aliphatic rings. The van der Waals surface area contributed by atoms with Crippen LogP contribution in [0.3, 0.4) is 0 Å². The summed E-state index contributed by atoms with van der Waals surface area (Å²) in [6, 6.07) is 18.6. The van der Waals surface area contributed by atoms with Gasteiger partial charge in [-0.05, 0) is 62.7 Å². The van der Waals surface area contributed by atoms with Gasteiger partial charge in [-0.3, -0.25) is 9.69 Å². The van der Waals surface area contributed by atoms with Crippen LogP contribution in [0.4, 0.5) is 0 Å². The van der Waals surface area contributed by atoms with E-state index >= 15 is 0 Å². The zero-order valence-corrected chi connectivity index (χ0v) is 18.8. The lowest BCUT2D eigenvalue weighted by molar-refractivity contribution is 0.0938. The third-order valence-corrected chi connectivity index (χ3v) is 7.26. The van der Waals surface area contributed by atoms with E-state index in [0.29, 0.717) is 12.1 Å². The average Bonchev–Trinajstić information content (AvgIpc) is 3.45. The number of thioether (sulfide) groups is 1. The lowest BCUT2D eigenvalue weighted by Crippen LogP contribution is -2.36. The van der Waals surface area contributed by atoms with Crippen molar-refractivity contribution in [3.05, 3.63) is 81.8 Å². The summed E-state index contributed by atoms with van der Waals surface area (Å²) in [7, 11) is 0. The Morgan fingerprint density at radius 1 is 1.13 bits per heavy atom. The monoisotopic (exact) mass is 437 g/mol. The van der Waals surface area contributed by atoms with E-state index in [4.69, 9.17) is 0 Å². The third kappa shape index (κ3) is 5.50. The molecule has 6 heteroatoms. The van der Waals surface area contributed by atoms with Crippen molar-refractivity contribution in [2.75, 3.05) is 19.6 Å². The van der Waals surface area contributed by atoms with Gasteiger partial charge in [-0.15, -0.1) is 23.1 Å². The van der Waals surface area contributed by atoms with Crippen molar-refractivity contribution < 1.29 is 4.79 Å². The van der Waals surface area contributed by atoms with Crippen molar-refractivity contribution in [1.82, 2.24) is 15.2 Å². The van der Waals surface area contributed by atoms with Gasteiger partial charge in [0.25, 0.3) is 5.91 Å². The number of aromatic nitrogens is 1. The van der Waals surface area contributed by atoms with Gasteiger partial charge in [0, 0.05) is 28.1 Å². The number of nitrogens with zero attached hydrogens (tertiary/aromatic N) is 2. The van der Waals surface area contributed by atoms with Crippen molar-refractivity contribution in [2.24, 2.45) is 0 Å². The van der Waals surface area contributed by atoms with Crippen LogP contribution in [0.15, 0.2) is 64.9 Å². The number of benzene rings is 2. The minimum absolute atomic E-state index is 0.0122. The Kier molecular flexibility index (Phi) is 7.20. The molecular formula is C24H27N3OS2. The smallest absolute Gasteiger partial charge is 0.251 e. The minimum atomic E-state index is -0.0122. The van der Waals surface area contributed by atoms with Crippen molar-refractivity contribution in [2.45, 2.75) is 36.5 Å². The van der Waals surface area contributed by atoms with Crippen LogP contribution < -0.4 is 5.32 Å². The van der Waals surface area contributed by atoms with Crippen LogP contribution in [-0.4, -0.2) is 35.4 Å². The van der Waals surface area contributed by atoms with Gasteiger partial charge in [-0.1, -0.05) is 30.3 Å². The van der Waals surface area contributed by atoms with Crippen LogP contribution in [-0.2, 0) is 5.75 Å². The average molecular weight is 438 g/mol. The van der Waals surface area contributed by atoms with Crippen LogP contribution in [0.1, 0.15) is 45.5 Å². The summed E-state index contributed by atoms with van der Waals surface area (Å²) in [6.07, 6.45) is 2.47. The molecule has 2 aromatic carbocycles. The number of hydrogen-bond acceptors (Lipinski definition) is 5. The Labute approximate surface area is 186 Å². The number of amides is 1. The first-order valence-corrected chi connectivity index (χ1v) is 12.3. The predicted octanol–water partition coefficient (Wildman–Crippen LogP) is 5.31. The van der Waals surface area contributed by atoms with Crippen LogP contribution in [0.2, 0.25) is 0 Å². The van der Waals surface area contributed by atoms with Gasteiger partial charge in [0.05, 0.1) is 16.7 Å². The predicted molar refractivity (Wildman–Crippen MR) is 125 cm³/mol. The summed E-state index contributed by atoms with van der Waals surface area (Å²) in [6.45, 7) is 4.85. The highest BCUT2D eigenvalue weighted by Crippen LogP contribution is 2.25. The van der Waals surface area contributed by atoms with Crippen LogP contribution in [0, 0.1) is 6.92 Å². The topological polar surface area (TPSA) is 45.2 Å². The molecule has 3 aromatic rings. The van der Waals surface area contributed by atoms with Gasteiger partial charge in [0.2, 0.25) is 0 Å². The molecule has 2 heterocycles. The summed E-state index contributed by atoms with van der Waals surface area (Å²) < 4.78 is 0. The van der Waals surface area contributed by atoms with E-state index in [2.05, 4.69) is 44.8 Å². The zero-order valence-electron chi connectivity index (χ0n) is 17.2. The van der Waals surface area contributed by atoms with E-state index in [-0.39, 0.29) is 11.9 Å². The number of rotatable bonds is 8.